The number of alkyl halides is 2. The molecular formula is C34H48BrClN2O8S2. The van der Waals surface area contributed by atoms with Crippen LogP contribution in [-0.4, -0.2) is 86.7 Å². The third-order valence-electron chi connectivity index (χ3n) is 11.1. The summed E-state index contributed by atoms with van der Waals surface area (Å²) in [5.74, 6) is -1.54. The van der Waals surface area contributed by atoms with E-state index < -0.39 is 57.8 Å². The minimum absolute atomic E-state index is 0.0513. The first kappa shape index (κ1) is 39.2. The van der Waals surface area contributed by atoms with Crippen molar-refractivity contribution in [2.45, 2.75) is 95.0 Å². The number of Topliss-reactive ketones (excluding diaryl/α,β-unsaturated/α-hetero) is 1. The third-order valence-corrected chi connectivity index (χ3v) is 15.8. The van der Waals surface area contributed by atoms with Crippen molar-refractivity contribution in [3.05, 3.63) is 23.8 Å². The summed E-state index contributed by atoms with van der Waals surface area (Å²) in [5, 5.41) is 17.7. The molecule has 1 unspecified atom stereocenters. The number of alkyl carbamates (subject to hydrolysis) is 1. The number of esters is 1. The normalized spacial score (nSPS) is 35.4. The van der Waals surface area contributed by atoms with Gasteiger partial charge in [-0.1, -0.05) is 76.9 Å². The van der Waals surface area contributed by atoms with Crippen molar-refractivity contribution in [1.29, 1.82) is 0 Å². The topological polar surface area (TPSA) is 148 Å². The largest absolute Gasteiger partial charge is 0.450 e. The number of amides is 2. The molecule has 3 fully saturated rings. The second kappa shape index (κ2) is 15.0. The first-order chi connectivity index (χ1) is 22.4. The standard InChI is InChI=1S/C34H48BrClN2O8S2/c1-7-28(43)46-34(26(41)18-45-29(44)37-12-13-47-48-30(3,4)19-38-27(42)17-35)20(2)14-24-23-9-8-21-15-22(39)10-11-31(21,5)33(23,36)25(40)16-32(24,34)6/h10-11,15,20,23-25,40H,7-9,12-14,16-19H2,1-6H3,(H,37,44)(H,38,42)/t20-,23-,24?,25-,31-,32-,33-,34-/m0/s1. The van der Waals surface area contributed by atoms with Crippen molar-refractivity contribution in [3.8, 4) is 0 Å². The molecule has 0 aromatic carbocycles. The van der Waals surface area contributed by atoms with Gasteiger partial charge >= 0.3 is 12.1 Å². The van der Waals surface area contributed by atoms with Crippen molar-refractivity contribution in [2.75, 3.05) is 30.8 Å². The molecular weight excluding hydrogens is 744 g/mol. The Labute approximate surface area is 304 Å². The lowest BCUT2D eigenvalue weighted by Gasteiger charge is -2.64. The molecule has 268 valence electrons. The van der Waals surface area contributed by atoms with Gasteiger partial charge in [0.25, 0.3) is 0 Å². The number of carbonyl (C=O) groups excluding carboxylic acids is 5. The van der Waals surface area contributed by atoms with Crippen LogP contribution in [0.3, 0.4) is 0 Å². The Hall–Kier alpha value is -1.54. The molecule has 8 atom stereocenters. The summed E-state index contributed by atoms with van der Waals surface area (Å²) in [6.45, 7) is 11.6. The summed E-state index contributed by atoms with van der Waals surface area (Å²) in [5.41, 5.74) is -2.49. The number of rotatable bonds is 13. The summed E-state index contributed by atoms with van der Waals surface area (Å²) >= 11 is 10.7. The summed E-state index contributed by atoms with van der Waals surface area (Å²) in [6, 6.07) is 0. The SMILES string of the molecule is CCC(=O)O[C@]1(C(=O)COC(=O)NCCSSC(C)(C)CNC(=O)CBr)[C@@H](C)CC2[C@@H]3CCC4=CC(=O)C=C[C@]4(C)[C@@]3(Cl)[C@@H](O)C[C@@]21C. The molecule has 4 aliphatic rings. The van der Waals surface area contributed by atoms with Gasteiger partial charge in [-0.2, -0.15) is 0 Å². The summed E-state index contributed by atoms with van der Waals surface area (Å²) < 4.78 is 11.3. The fraction of sp³-hybridized carbons (Fsp3) is 0.735. The van der Waals surface area contributed by atoms with Gasteiger partial charge in [-0.3, -0.25) is 19.2 Å². The van der Waals surface area contributed by atoms with Crippen molar-refractivity contribution in [3.63, 3.8) is 0 Å². The number of allylic oxidation sites excluding steroid dienone is 4. The zero-order valence-corrected chi connectivity index (χ0v) is 32.5. The lowest BCUT2D eigenvalue weighted by atomic mass is 9.45. The molecule has 0 spiro atoms. The van der Waals surface area contributed by atoms with Gasteiger partial charge in [-0.25, -0.2) is 4.79 Å². The smallest absolute Gasteiger partial charge is 0.407 e. The number of nitrogens with one attached hydrogen (secondary N) is 2. The average Bonchev–Trinajstić information content (AvgIpc) is 3.25. The Balaban J connectivity index is 1.46. The molecule has 4 aliphatic carbocycles. The average molecular weight is 792 g/mol. The van der Waals surface area contributed by atoms with Crippen LogP contribution in [0.5, 0.6) is 0 Å². The minimum atomic E-state index is -1.64. The van der Waals surface area contributed by atoms with Gasteiger partial charge in [0, 0.05) is 46.8 Å². The molecule has 0 bridgehead atoms. The Kier molecular flexibility index (Phi) is 12.2. The Morgan fingerprint density at radius 1 is 1.19 bits per heavy atom. The minimum Gasteiger partial charge on any atom is -0.450 e. The maximum atomic E-state index is 14.3. The van der Waals surface area contributed by atoms with Crippen molar-refractivity contribution in [1.82, 2.24) is 10.6 Å². The molecule has 3 N–H and O–H groups in total. The lowest BCUT2D eigenvalue weighted by Crippen LogP contribution is -2.69. The van der Waals surface area contributed by atoms with Crippen LogP contribution in [0.15, 0.2) is 23.8 Å². The zero-order valence-electron chi connectivity index (χ0n) is 28.5. The highest BCUT2D eigenvalue weighted by Crippen LogP contribution is 2.72. The highest BCUT2D eigenvalue weighted by atomic mass is 79.9. The summed E-state index contributed by atoms with van der Waals surface area (Å²) in [4.78, 5) is 62.6. The van der Waals surface area contributed by atoms with Gasteiger partial charge in [-0.05, 0) is 63.5 Å². The highest BCUT2D eigenvalue weighted by molar-refractivity contribution is 9.09. The molecule has 10 nitrogen and oxygen atoms in total. The van der Waals surface area contributed by atoms with E-state index in [1.807, 2.05) is 40.7 Å². The molecule has 0 saturated heterocycles. The Morgan fingerprint density at radius 3 is 2.56 bits per heavy atom. The van der Waals surface area contributed by atoms with Gasteiger partial charge in [0.2, 0.25) is 11.7 Å². The van der Waals surface area contributed by atoms with Crippen LogP contribution in [0.1, 0.15) is 73.6 Å². The fourth-order valence-electron chi connectivity index (χ4n) is 8.72. The number of fused-ring (bicyclic) bond motifs is 5. The predicted molar refractivity (Wildman–Crippen MR) is 192 cm³/mol. The van der Waals surface area contributed by atoms with Crippen LogP contribution in [-0.2, 0) is 28.7 Å². The maximum Gasteiger partial charge on any atom is 0.407 e. The molecule has 4 rings (SSSR count). The number of aliphatic hydroxyl groups is 1. The van der Waals surface area contributed by atoms with Crippen molar-refractivity contribution >= 4 is 78.7 Å². The number of aliphatic hydroxyl groups excluding tert-OH is 1. The van der Waals surface area contributed by atoms with Crippen LogP contribution in [0, 0.1) is 28.6 Å². The van der Waals surface area contributed by atoms with Crippen LogP contribution >= 0.6 is 49.1 Å². The number of halogens is 2. The van der Waals surface area contributed by atoms with Gasteiger partial charge < -0.3 is 25.2 Å². The molecule has 14 heteroatoms. The van der Waals surface area contributed by atoms with E-state index in [4.69, 9.17) is 21.1 Å². The van der Waals surface area contributed by atoms with E-state index in [-0.39, 0.29) is 46.4 Å². The Morgan fingerprint density at radius 2 is 1.90 bits per heavy atom. The lowest BCUT2D eigenvalue weighted by molar-refractivity contribution is -0.202. The molecule has 0 aliphatic heterocycles. The van der Waals surface area contributed by atoms with E-state index in [0.717, 1.165) is 5.57 Å². The molecule has 3 saturated carbocycles. The highest BCUT2D eigenvalue weighted by Gasteiger charge is 2.76. The number of hydrogen-bond acceptors (Lipinski definition) is 10. The molecule has 0 aromatic rings. The molecule has 0 aromatic heterocycles. The summed E-state index contributed by atoms with van der Waals surface area (Å²) in [6.07, 6.45) is 5.02. The maximum absolute atomic E-state index is 14.3. The van der Waals surface area contributed by atoms with Crippen LogP contribution < -0.4 is 10.6 Å². The first-order valence-electron chi connectivity index (χ1n) is 16.5. The van der Waals surface area contributed by atoms with Crippen molar-refractivity contribution < 1.29 is 38.6 Å². The van der Waals surface area contributed by atoms with Gasteiger partial charge in [0.05, 0.1) is 16.3 Å². The number of ether oxygens (including phenoxy) is 2. The second-order valence-corrected chi connectivity index (χ2v) is 18.8. The van der Waals surface area contributed by atoms with Gasteiger partial charge in [0.1, 0.15) is 0 Å². The van der Waals surface area contributed by atoms with Gasteiger partial charge in [0.15, 0.2) is 18.0 Å². The van der Waals surface area contributed by atoms with Crippen LogP contribution in [0.25, 0.3) is 0 Å². The number of carbonyl (C=O) groups is 5. The van der Waals surface area contributed by atoms with Crippen molar-refractivity contribution in [2.24, 2.45) is 28.6 Å². The third kappa shape index (κ3) is 7.01. The predicted octanol–water partition coefficient (Wildman–Crippen LogP) is 5.53. The van der Waals surface area contributed by atoms with E-state index in [1.54, 1.807) is 34.6 Å². The molecule has 48 heavy (non-hydrogen) atoms. The molecule has 2 amide bonds. The van der Waals surface area contributed by atoms with E-state index >= 15 is 0 Å². The first-order valence-corrected chi connectivity index (χ1v) is 20.3. The van der Waals surface area contributed by atoms with Gasteiger partial charge in [-0.15, -0.1) is 11.6 Å². The molecule has 0 radical (unpaired) electrons. The van der Waals surface area contributed by atoms with E-state index in [2.05, 4.69) is 26.6 Å². The molecule has 0 heterocycles. The van der Waals surface area contributed by atoms with Crippen LogP contribution in [0.4, 0.5) is 4.79 Å². The van der Waals surface area contributed by atoms with E-state index in [1.165, 1.54) is 6.08 Å². The van der Waals surface area contributed by atoms with E-state index in [0.29, 0.717) is 38.1 Å². The quantitative estimate of drug-likeness (QED) is 0.0942. The summed E-state index contributed by atoms with van der Waals surface area (Å²) in [7, 11) is 3.13. The van der Waals surface area contributed by atoms with E-state index in [9.17, 15) is 29.1 Å². The monoisotopic (exact) mass is 790 g/mol. The number of ketones is 2. The van der Waals surface area contributed by atoms with Crippen LogP contribution in [0.2, 0.25) is 0 Å². The zero-order chi connectivity index (χ0) is 35.7. The fourth-order valence-corrected chi connectivity index (χ4v) is 11.8. The Bertz CT molecular complexity index is 1380. The number of hydrogen-bond donors (Lipinski definition) is 3. The second-order valence-electron chi connectivity index (χ2n) is 14.5.